The van der Waals surface area contributed by atoms with Crippen molar-refractivity contribution in [1.29, 1.82) is 0 Å². The summed E-state index contributed by atoms with van der Waals surface area (Å²) in [5.41, 5.74) is -1.81. The van der Waals surface area contributed by atoms with E-state index in [1.165, 1.54) is 0 Å². The molecule has 0 aliphatic rings. The Labute approximate surface area is 56.5 Å². The summed E-state index contributed by atoms with van der Waals surface area (Å²) in [6.07, 6.45) is 0. The fourth-order valence-electron chi connectivity index (χ4n) is 0.184. The minimum atomic E-state index is -1.81. The second-order valence-electron chi connectivity index (χ2n) is 2.29. The van der Waals surface area contributed by atoms with Crippen LogP contribution < -0.4 is 0 Å². The van der Waals surface area contributed by atoms with E-state index in [1.807, 2.05) is 0 Å². The van der Waals surface area contributed by atoms with Crippen molar-refractivity contribution in [2.24, 2.45) is 5.41 Å². The third kappa shape index (κ3) is 1.43. The highest BCUT2D eigenvalue weighted by Gasteiger charge is 2.38. The summed E-state index contributed by atoms with van der Waals surface area (Å²) in [5, 5.41) is 8.28. The van der Waals surface area contributed by atoms with Gasteiger partial charge in [0.15, 0.2) is 5.41 Å². The highest BCUT2D eigenvalue weighted by Crippen LogP contribution is 2.17. The minimum absolute atomic E-state index is 1.05. The summed E-state index contributed by atoms with van der Waals surface area (Å²) in [4.78, 5) is 23.2. The van der Waals surface area contributed by atoms with Crippen LogP contribution in [0.15, 0.2) is 0 Å². The molecule has 0 bridgehead atoms. The number of carboxylic acids is 1. The first-order valence-electron chi connectivity index (χ1n) is 2.49. The highest BCUT2D eigenvalue weighted by molar-refractivity contribution is 5.97. The third-order valence-corrected chi connectivity index (χ3v) is 1.12. The molecule has 1 N–H and O–H groups in total. The van der Waals surface area contributed by atoms with Gasteiger partial charge in [0.1, 0.15) is 0 Å². The first-order chi connectivity index (χ1) is 4.42. The number of aliphatic carboxylic acids is 1. The van der Waals surface area contributed by atoms with E-state index in [0.29, 0.717) is 0 Å². The van der Waals surface area contributed by atoms with E-state index in [9.17, 15) is 14.1 Å². The summed E-state index contributed by atoms with van der Waals surface area (Å²) < 4.78 is 11.1. The largest absolute Gasteiger partial charge is 0.480 e. The zero-order valence-corrected chi connectivity index (χ0v) is 5.55. The van der Waals surface area contributed by atoms with Gasteiger partial charge in [0, 0.05) is 4.53 Å². The lowest BCUT2D eigenvalue weighted by Gasteiger charge is -2.11. The summed E-state index contributed by atoms with van der Waals surface area (Å²) in [5.74, 6) is -2.82. The lowest BCUT2D eigenvalue weighted by atomic mass is 9.95. The quantitative estimate of drug-likeness (QED) is 0.583. The Morgan fingerprint density at radius 3 is 2.00 bits per heavy atom. The normalized spacial score (nSPS) is 10.7. The SMILES string of the molecule is CC(C)(C(=O)O)C(=O)OF. The van der Waals surface area contributed by atoms with Gasteiger partial charge >= 0.3 is 11.9 Å². The smallest absolute Gasteiger partial charge is 0.365 e. The molecular weight excluding hydrogens is 143 g/mol. The van der Waals surface area contributed by atoms with Gasteiger partial charge in [0.05, 0.1) is 0 Å². The van der Waals surface area contributed by atoms with Gasteiger partial charge in [-0.05, 0) is 13.8 Å². The minimum Gasteiger partial charge on any atom is -0.480 e. The van der Waals surface area contributed by atoms with E-state index in [2.05, 4.69) is 4.94 Å². The van der Waals surface area contributed by atoms with E-state index >= 15 is 0 Å². The number of hydrogen-bond acceptors (Lipinski definition) is 3. The fraction of sp³-hybridized carbons (Fsp3) is 0.600. The third-order valence-electron chi connectivity index (χ3n) is 1.12. The van der Waals surface area contributed by atoms with Crippen molar-refractivity contribution in [3.8, 4) is 0 Å². The predicted octanol–water partition coefficient (Wildman–Crippen LogP) is 0.525. The second-order valence-corrected chi connectivity index (χ2v) is 2.29. The molecule has 0 saturated heterocycles. The number of carbonyl (C=O) groups is 2. The van der Waals surface area contributed by atoms with Crippen molar-refractivity contribution < 1.29 is 24.2 Å². The Hall–Kier alpha value is -1.13. The number of carboxylic acid groups (broad SMARTS) is 1. The van der Waals surface area contributed by atoms with Crippen LogP contribution in [0.4, 0.5) is 4.53 Å². The summed E-state index contributed by atoms with van der Waals surface area (Å²) in [7, 11) is 0. The molecule has 0 spiro atoms. The van der Waals surface area contributed by atoms with Gasteiger partial charge in [-0.3, -0.25) is 9.74 Å². The maximum absolute atomic E-state index is 11.1. The Bertz CT molecular complexity index is 163. The van der Waals surface area contributed by atoms with Crippen LogP contribution >= 0.6 is 0 Å². The van der Waals surface area contributed by atoms with Crippen molar-refractivity contribution in [1.82, 2.24) is 0 Å². The molecule has 0 aromatic carbocycles. The molecule has 58 valence electrons. The molecule has 0 aliphatic heterocycles. The molecule has 5 heteroatoms. The number of halogens is 1. The van der Waals surface area contributed by atoms with Crippen LogP contribution in [0.5, 0.6) is 0 Å². The number of hydrogen-bond donors (Lipinski definition) is 1. The van der Waals surface area contributed by atoms with E-state index in [0.717, 1.165) is 13.8 Å². The average molecular weight is 150 g/mol. The Kier molecular flexibility index (Phi) is 2.34. The van der Waals surface area contributed by atoms with Gasteiger partial charge in [-0.25, -0.2) is 4.79 Å². The molecule has 0 fully saturated rings. The molecule has 0 rings (SSSR count). The lowest BCUT2D eigenvalue weighted by molar-refractivity contribution is -0.198. The van der Waals surface area contributed by atoms with Crippen LogP contribution in [0.25, 0.3) is 0 Å². The maximum atomic E-state index is 11.1. The highest BCUT2D eigenvalue weighted by atomic mass is 19.3. The predicted molar refractivity (Wildman–Crippen MR) is 28.6 cm³/mol. The van der Waals surface area contributed by atoms with E-state index in [-0.39, 0.29) is 0 Å². The Morgan fingerprint density at radius 2 is 1.90 bits per heavy atom. The van der Waals surface area contributed by atoms with Crippen molar-refractivity contribution in [3.05, 3.63) is 0 Å². The summed E-state index contributed by atoms with van der Waals surface area (Å²) in [6.45, 7) is 2.11. The van der Waals surface area contributed by atoms with E-state index < -0.39 is 17.4 Å². The van der Waals surface area contributed by atoms with Crippen LogP contribution in [-0.2, 0) is 14.5 Å². The molecule has 0 aromatic heterocycles. The molecule has 0 aliphatic carbocycles. The zero-order valence-electron chi connectivity index (χ0n) is 5.55. The Balaban J connectivity index is 4.40. The molecule has 10 heavy (non-hydrogen) atoms. The molecule has 0 saturated carbocycles. The molecule has 4 nitrogen and oxygen atoms in total. The van der Waals surface area contributed by atoms with E-state index in [4.69, 9.17) is 5.11 Å². The Morgan fingerprint density at radius 1 is 1.50 bits per heavy atom. The van der Waals surface area contributed by atoms with Crippen molar-refractivity contribution in [3.63, 3.8) is 0 Å². The van der Waals surface area contributed by atoms with Gasteiger partial charge in [-0.1, -0.05) is 0 Å². The molecular formula is C5H7FO4. The first-order valence-corrected chi connectivity index (χ1v) is 2.49. The number of rotatable bonds is 2. The molecule has 0 radical (unpaired) electrons. The molecule has 0 amide bonds. The van der Waals surface area contributed by atoms with Crippen molar-refractivity contribution in [2.45, 2.75) is 13.8 Å². The average Bonchev–Trinajstić information content (AvgIpc) is 1.86. The summed E-state index contributed by atoms with van der Waals surface area (Å²) in [6, 6.07) is 0. The standard InChI is InChI=1S/C5H7FO4/c1-5(2,3(7)8)4(9)10-6/h1-2H3,(H,7,8). The van der Waals surface area contributed by atoms with Crippen LogP contribution in [-0.4, -0.2) is 17.0 Å². The van der Waals surface area contributed by atoms with Gasteiger partial charge < -0.3 is 5.11 Å². The monoisotopic (exact) mass is 150 g/mol. The van der Waals surface area contributed by atoms with Crippen molar-refractivity contribution in [2.75, 3.05) is 0 Å². The van der Waals surface area contributed by atoms with Crippen LogP contribution in [0.3, 0.4) is 0 Å². The molecule has 0 aromatic rings. The lowest BCUT2D eigenvalue weighted by Crippen LogP contribution is -2.33. The topological polar surface area (TPSA) is 63.6 Å². The van der Waals surface area contributed by atoms with Crippen molar-refractivity contribution >= 4 is 11.9 Å². The number of carbonyl (C=O) groups excluding carboxylic acids is 1. The van der Waals surface area contributed by atoms with Gasteiger partial charge in [0.25, 0.3) is 0 Å². The van der Waals surface area contributed by atoms with E-state index in [1.54, 1.807) is 0 Å². The first kappa shape index (κ1) is 8.87. The zero-order chi connectivity index (χ0) is 8.36. The molecule has 0 atom stereocenters. The fourth-order valence-corrected chi connectivity index (χ4v) is 0.184. The second kappa shape index (κ2) is 2.64. The van der Waals surface area contributed by atoms with Crippen LogP contribution in [0.1, 0.15) is 13.8 Å². The van der Waals surface area contributed by atoms with Crippen LogP contribution in [0, 0.1) is 5.41 Å². The molecule has 0 heterocycles. The van der Waals surface area contributed by atoms with Gasteiger partial charge in [-0.2, -0.15) is 0 Å². The van der Waals surface area contributed by atoms with Gasteiger partial charge in [0.2, 0.25) is 0 Å². The van der Waals surface area contributed by atoms with Crippen LogP contribution in [0.2, 0.25) is 0 Å². The van der Waals surface area contributed by atoms with Gasteiger partial charge in [-0.15, -0.1) is 0 Å². The maximum Gasteiger partial charge on any atom is 0.365 e. The summed E-state index contributed by atoms with van der Waals surface area (Å²) >= 11 is 0. The molecule has 0 unspecified atom stereocenters.